The normalized spacial score (nSPS) is 18.5. The number of thiophene rings is 1. The number of hydrogen-bond donors (Lipinski definition) is 1. The summed E-state index contributed by atoms with van der Waals surface area (Å²) in [6.07, 6.45) is 2.88. The predicted octanol–water partition coefficient (Wildman–Crippen LogP) is 4.52. The Morgan fingerprint density at radius 3 is 2.90 bits per heavy atom. The number of benzene rings is 1. The molecule has 3 rings (SSSR count). The molecule has 1 unspecified atom stereocenters. The highest BCUT2D eigenvalue weighted by atomic mass is 79.9. The zero-order valence-corrected chi connectivity index (χ0v) is 14.9. The number of fused-ring (bicyclic) bond motifs is 1. The minimum atomic E-state index is -3.55. The number of halogens is 2. The molecule has 1 aliphatic carbocycles. The lowest BCUT2D eigenvalue weighted by Crippen LogP contribution is -2.30. The van der Waals surface area contributed by atoms with Crippen LogP contribution in [0.2, 0.25) is 5.02 Å². The summed E-state index contributed by atoms with van der Waals surface area (Å²) in [7, 11) is -3.55. The quantitative estimate of drug-likeness (QED) is 0.814. The van der Waals surface area contributed by atoms with Gasteiger partial charge >= 0.3 is 0 Å². The molecule has 0 radical (unpaired) electrons. The van der Waals surface area contributed by atoms with Crippen molar-refractivity contribution in [2.24, 2.45) is 0 Å². The van der Waals surface area contributed by atoms with Crippen molar-refractivity contribution in [1.29, 1.82) is 0 Å². The highest BCUT2D eigenvalue weighted by Gasteiger charge is 2.26. The van der Waals surface area contributed by atoms with E-state index in [1.807, 2.05) is 11.4 Å². The standard InChI is InChI=1S/C14H13BrClNO2S2/c15-11-8-9(4-5-12(11)16)21(18,19)17-13-2-1-3-14-10(13)6-7-20-14/h4-8,13,17H,1-3H2. The van der Waals surface area contributed by atoms with Gasteiger partial charge in [0.05, 0.1) is 9.92 Å². The molecule has 0 amide bonds. The molecule has 3 nitrogen and oxygen atoms in total. The van der Waals surface area contributed by atoms with E-state index in [-0.39, 0.29) is 10.9 Å². The van der Waals surface area contributed by atoms with Crippen LogP contribution in [-0.4, -0.2) is 8.42 Å². The van der Waals surface area contributed by atoms with Crippen molar-refractivity contribution in [3.63, 3.8) is 0 Å². The number of rotatable bonds is 3. The average Bonchev–Trinajstić information content (AvgIpc) is 2.91. The summed E-state index contributed by atoms with van der Waals surface area (Å²) in [4.78, 5) is 1.51. The molecule has 1 aliphatic rings. The fourth-order valence-corrected chi connectivity index (χ4v) is 5.42. The smallest absolute Gasteiger partial charge is 0.207 e. The molecule has 1 N–H and O–H groups in total. The molecule has 21 heavy (non-hydrogen) atoms. The Balaban J connectivity index is 1.89. The Labute approximate surface area is 141 Å². The minimum absolute atomic E-state index is 0.139. The Morgan fingerprint density at radius 2 is 2.14 bits per heavy atom. The molecular weight excluding hydrogens is 394 g/mol. The first-order valence-corrected chi connectivity index (χ1v) is 10.0. The second-order valence-corrected chi connectivity index (χ2v) is 8.92. The van der Waals surface area contributed by atoms with E-state index in [1.54, 1.807) is 17.4 Å². The van der Waals surface area contributed by atoms with E-state index >= 15 is 0 Å². The van der Waals surface area contributed by atoms with Crippen LogP contribution in [0.5, 0.6) is 0 Å². The maximum Gasteiger partial charge on any atom is 0.241 e. The molecule has 2 aromatic rings. The largest absolute Gasteiger partial charge is 0.241 e. The molecule has 0 spiro atoms. The third-order valence-electron chi connectivity index (χ3n) is 3.55. The van der Waals surface area contributed by atoms with Crippen LogP contribution in [0.3, 0.4) is 0 Å². The second-order valence-electron chi connectivity index (χ2n) is 4.94. The van der Waals surface area contributed by atoms with Gasteiger partial charge in [0.1, 0.15) is 0 Å². The third-order valence-corrected chi connectivity index (χ3v) is 7.23. The molecule has 1 aromatic carbocycles. The van der Waals surface area contributed by atoms with E-state index in [4.69, 9.17) is 11.6 Å². The van der Waals surface area contributed by atoms with Crippen LogP contribution in [0.1, 0.15) is 29.3 Å². The molecule has 1 atom stereocenters. The van der Waals surface area contributed by atoms with Gasteiger partial charge in [-0.25, -0.2) is 13.1 Å². The Kier molecular flexibility index (Phi) is 4.43. The molecular formula is C14H13BrClNO2S2. The van der Waals surface area contributed by atoms with Crippen molar-refractivity contribution in [2.75, 3.05) is 0 Å². The first kappa shape index (κ1) is 15.5. The van der Waals surface area contributed by atoms with Crippen molar-refractivity contribution in [1.82, 2.24) is 4.72 Å². The van der Waals surface area contributed by atoms with Crippen molar-refractivity contribution >= 4 is 48.9 Å². The van der Waals surface area contributed by atoms with Crippen LogP contribution >= 0.6 is 38.9 Å². The fraction of sp³-hybridized carbons (Fsp3) is 0.286. The molecule has 1 heterocycles. The predicted molar refractivity (Wildman–Crippen MR) is 89.5 cm³/mol. The van der Waals surface area contributed by atoms with E-state index in [2.05, 4.69) is 20.7 Å². The van der Waals surface area contributed by atoms with Gasteiger partial charge in [0.25, 0.3) is 0 Å². The molecule has 7 heteroatoms. The van der Waals surface area contributed by atoms with Gasteiger partial charge in [0.2, 0.25) is 10.0 Å². The summed E-state index contributed by atoms with van der Waals surface area (Å²) in [5.41, 5.74) is 1.11. The van der Waals surface area contributed by atoms with E-state index in [9.17, 15) is 8.42 Å². The topological polar surface area (TPSA) is 46.2 Å². The van der Waals surface area contributed by atoms with Gasteiger partial charge < -0.3 is 0 Å². The van der Waals surface area contributed by atoms with Crippen molar-refractivity contribution in [3.8, 4) is 0 Å². The van der Waals surface area contributed by atoms with E-state index in [0.717, 1.165) is 24.8 Å². The van der Waals surface area contributed by atoms with Crippen LogP contribution in [0, 0.1) is 0 Å². The lowest BCUT2D eigenvalue weighted by atomic mass is 9.95. The van der Waals surface area contributed by atoms with Crippen LogP contribution in [0.25, 0.3) is 0 Å². The van der Waals surface area contributed by atoms with Gasteiger partial charge in [-0.3, -0.25) is 0 Å². The molecule has 112 valence electrons. The van der Waals surface area contributed by atoms with Gasteiger partial charge in [-0.15, -0.1) is 11.3 Å². The lowest BCUT2D eigenvalue weighted by Gasteiger charge is -2.23. The van der Waals surface area contributed by atoms with Gasteiger partial charge in [-0.1, -0.05) is 11.6 Å². The van der Waals surface area contributed by atoms with E-state index < -0.39 is 10.0 Å². The first-order valence-electron chi connectivity index (χ1n) is 6.51. The highest BCUT2D eigenvalue weighted by Crippen LogP contribution is 2.34. The maximum absolute atomic E-state index is 12.5. The van der Waals surface area contributed by atoms with Crippen molar-refractivity contribution < 1.29 is 8.42 Å². The maximum atomic E-state index is 12.5. The summed E-state index contributed by atoms with van der Waals surface area (Å²) >= 11 is 10.9. The summed E-state index contributed by atoms with van der Waals surface area (Å²) < 4.78 is 28.4. The fourth-order valence-electron chi connectivity index (χ4n) is 2.51. The summed E-state index contributed by atoms with van der Waals surface area (Å²) in [5.74, 6) is 0. The second kappa shape index (κ2) is 6.01. The summed E-state index contributed by atoms with van der Waals surface area (Å²) in [5, 5.41) is 2.52. The molecule has 0 aliphatic heterocycles. The molecule has 0 fully saturated rings. The highest BCUT2D eigenvalue weighted by molar-refractivity contribution is 9.10. The summed E-state index contributed by atoms with van der Waals surface area (Å²) in [6.45, 7) is 0. The number of sulfonamides is 1. The lowest BCUT2D eigenvalue weighted by molar-refractivity contribution is 0.511. The molecule has 0 saturated heterocycles. The number of nitrogens with one attached hydrogen (secondary N) is 1. The van der Waals surface area contributed by atoms with Crippen LogP contribution in [0.15, 0.2) is 39.0 Å². The van der Waals surface area contributed by atoms with Crippen LogP contribution in [0.4, 0.5) is 0 Å². The van der Waals surface area contributed by atoms with E-state index in [0.29, 0.717) is 9.50 Å². The number of aryl methyl sites for hydroxylation is 1. The van der Waals surface area contributed by atoms with Crippen LogP contribution in [-0.2, 0) is 16.4 Å². The molecule has 0 saturated carbocycles. The number of hydrogen-bond acceptors (Lipinski definition) is 3. The SMILES string of the molecule is O=S(=O)(NC1CCCc2sccc21)c1ccc(Cl)c(Br)c1. The van der Waals surface area contributed by atoms with Crippen LogP contribution < -0.4 is 4.72 Å². The first-order chi connectivity index (χ1) is 9.97. The zero-order valence-electron chi connectivity index (χ0n) is 11.0. The minimum Gasteiger partial charge on any atom is -0.207 e. The third kappa shape index (κ3) is 3.19. The van der Waals surface area contributed by atoms with Gasteiger partial charge in [-0.05, 0) is 70.4 Å². The Morgan fingerprint density at radius 1 is 1.33 bits per heavy atom. The monoisotopic (exact) mass is 405 g/mol. The van der Waals surface area contributed by atoms with Crippen molar-refractivity contribution in [2.45, 2.75) is 30.2 Å². The zero-order chi connectivity index (χ0) is 15.0. The molecule has 1 aromatic heterocycles. The van der Waals surface area contributed by atoms with Gasteiger partial charge in [-0.2, -0.15) is 0 Å². The van der Waals surface area contributed by atoms with E-state index in [1.165, 1.54) is 17.0 Å². The summed E-state index contributed by atoms with van der Waals surface area (Å²) in [6, 6.07) is 6.51. The van der Waals surface area contributed by atoms with Gasteiger partial charge in [0, 0.05) is 15.4 Å². The average molecular weight is 407 g/mol. The Hall–Kier alpha value is -0.400. The van der Waals surface area contributed by atoms with Gasteiger partial charge in [0.15, 0.2) is 0 Å². The Bertz CT molecular complexity index is 773. The van der Waals surface area contributed by atoms with Crippen molar-refractivity contribution in [3.05, 3.63) is 49.6 Å². The molecule has 0 bridgehead atoms.